The monoisotopic (exact) mass is 225 g/mol. The predicted octanol–water partition coefficient (Wildman–Crippen LogP) is 4.66. The summed E-state index contributed by atoms with van der Waals surface area (Å²) in [7, 11) is 0. The van der Waals surface area contributed by atoms with E-state index < -0.39 is 0 Å². The maximum atomic E-state index is 3.78. The molecule has 0 unspecified atom stereocenters. The molecular formula is C15H31N. The topological polar surface area (TPSA) is 12.0 Å². The van der Waals surface area contributed by atoms with Crippen LogP contribution in [0.25, 0.3) is 0 Å². The molecule has 0 atom stereocenters. The highest BCUT2D eigenvalue weighted by Crippen LogP contribution is 2.27. The lowest BCUT2D eigenvalue weighted by atomic mass is 9.84. The molecule has 1 aliphatic carbocycles. The van der Waals surface area contributed by atoms with Crippen LogP contribution in [0.1, 0.15) is 84.5 Å². The first-order chi connectivity index (χ1) is 7.83. The van der Waals surface area contributed by atoms with Crippen molar-refractivity contribution in [1.29, 1.82) is 0 Å². The van der Waals surface area contributed by atoms with Gasteiger partial charge in [0.25, 0.3) is 0 Å². The molecule has 0 saturated heterocycles. The van der Waals surface area contributed by atoms with Crippen LogP contribution >= 0.6 is 0 Å². The molecule has 0 bridgehead atoms. The number of rotatable bonds is 3. The molecule has 1 saturated carbocycles. The Hall–Kier alpha value is -0.0400. The molecule has 1 fully saturated rings. The molecule has 0 radical (unpaired) electrons. The van der Waals surface area contributed by atoms with E-state index in [0.29, 0.717) is 5.54 Å². The molecule has 16 heavy (non-hydrogen) atoms. The summed E-state index contributed by atoms with van der Waals surface area (Å²) >= 11 is 0. The fraction of sp³-hybridized carbons (Fsp3) is 1.00. The van der Waals surface area contributed by atoms with Crippen LogP contribution in [0, 0.1) is 0 Å². The Bertz CT molecular complexity index is 153. The molecule has 1 nitrogen and oxygen atoms in total. The molecule has 0 aromatic heterocycles. The van der Waals surface area contributed by atoms with Crippen LogP contribution in [0.2, 0.25) is 0 Å². The average Bonchev–Trinajstić information content (AvgIpc) is 2.35. The highest BCUT2D eigenvalue weighted by molar-refractivity contribution is 4.86. The fourth-order valence-corrected chi connectivity index (χ4v) is 3.14. The number of nitrogens with one attached hydrogen (secondary N) is 1. The second-order valence-electron chi connectivity index (χ2n) is 5.49. The van der Waals surface area contributed by atoms with Crippen LogP contribution in [0.4, 0.5) is 0 Å². The summed E-state index contributed by atoms with van der Waals surface area (Å²) in [5, 5.41) is 3.78. The van der Waals surface area contributed by atoms with Gasteiger partial charge < -0.3 is 5.32 Å². The normalized spacial score (nSPS) is 23.6. The van der Waals surface area contributed by atoms with E-state index in [0.717, 1.165) is 6.54 Å². The Balaban J connectivity index is 2.48. The third kappa shape index (κ3) is 4.86. The van der Waals surface area contributed by atoms with Crippen LogP contribution < -0.4 is 5.32 Å². The van der Waals surface area contributed by atoms with E-state index in [1.165, 1.54) is 70.6 Å². The first kappa shape index (κ1) is 14.0. The standard InChI is InChI=1S/C15H31N/c1-3-15(16-4-2)13-11-9-7-5-6-8-10-12-14-15/h16H,3-14H2,1-2H3. The van der Waals surface area contributed by atoms with E-state index >= 15 is 0 Å². The largest absolute Gasteiger partial charge is 0.312 e. The summed E-state index contributed by atoms with van der Waals surface area (Å²) in [5.41, 5.74) is 0.471. The zero-order valence-electron chi connectivity index (χ0n) is 11.5. The Morgan fingerprint density at radius 1 is 0.750 bits per heavy atom. The van der Waals surface area contributed by atoms with Crippen LogP contribution in [-0.2, 0) is 0 Å². The number of hydrogen-bond acceptors (Lipinski definition) is 1. The summed E-state index contributed by atoms with van der Waals surface area (Å²) in [5.74, 6) is 0. The van der Waals surface area contributed by atoms with Crippen molar-refractivity contribution >= 4 is 0 Å². The molecular weight excluding hydrogens is 194 g/mol. The fourth-order valence-electron chi connectivity index (χ4n) is 3.14. The molecule has 0 aromatic carbocycles. The first-order valence-electron chi connectivity index (χ1n) is 7.58. The van der Waals surface area contributed by atoms with Crippen LogP contribution in [0.3, 0.4) is 0 Å². The molecule has 1 aliphatic rings. The van der Waals surface area contributed by atoms with E-state index in [1.54, 1.807) is 0 Å². The maximum Gasteiger partial charge on any atom is 0.0178 e. The second kappa shape index (κ2) is 8.11. The zero-order valence-corrected chi connectivity index (χ0v) is 11.5. The maximum absolute atomic E-state index is 3.78. The van der Waals surface area contributed by atoms with E-state index in [9.17, 15) is 0 Å². The second-order valence-corrected chi connectivity index (χ2v) is 5.49. The van der Waals surface area contributed by atoms with Gasteiger partial charge in [0.05, 0.1) is 0 Å². The molecule has 0 spiro atoms. The lowest BCUT2D eigenvalue weighted by Gasteiger charge is -2.34. The van der Waals surface area contributed by atoms with Crippen molar-refractivity contribution in [3.05, 3.63) is 0 Å². The van der Waals surface area contributed by atoms with Gasteiger partial charge >= 0.3 is 0 Å². The third-order valence-corrected chi connectivity index (χ3v) is 4.29. The highest BCUT2D eigenvalue weighted by atomic mass is 15.0. The zero-order chi connectivity index (χ0) is 11.7. The Kier molecular flexibility index (Phi) is 7.11. The Labute approximate surface area is 102 Å². The SMILES string of the molecule is CCNC1(CC)CCCCCCCCCC1. The lowest BCUT2D eigenvalue weighted by molar-refractivity contribution is 0.260. The summed E-state index contributed by atoms with van der Waals surface area (Å²) < 4.78 is 0. The minimum atomic E-state index is 0.471. The van der Waals surface area contributed by atoms with Gasteiger partial charge in [-0.1, -0.05) is 65.2 Å². The molecule has 0 aliphatic heterocycles. The number of hydrogen-bond donors (Lipinski definition) is 1. The van der Waals surface area contributed by atoms with Crippen LogP contribution in [0.15, 0.2) is 0 Å². The molecule has 96 valence electrons. The first-order valence-corrected chi connectivity index (χ1v) is 7.58. The van der Waals surface area contributed by atoms with Crippen LogP contribution in [0.5, 0.6) is 0 Å². The van der Waals surface area contributed by atoms with Gasteiger partial charge in [-0.25, -0.2) is 0 Å². The minimum absolute atomic E-state index is 0.471. The quantitative estimate of drug-likeness (QED) is 0.736. The van der Waals surface area contributed by atoms with E-state index in [2.05, 4.69) is 19.2 Å². The van der Waals surface area contributed by atoms with Gasteiger partial charge in [0.15, 0.2) is 0 Å². The molecule has 0 amide bonds. The van der Waals surface area contributed by atoms with Crippen molar-refractivity contribution in [3.63, 3.8) is 0 Å². The van der Waals surface area contributed by atoms with Gasteiger partial charge in [-0.3, -0.25) is 0 Å². The summed E-state index contributed by atoms with van der Waals surface area (Å²) in [6.07, 6.45) is 15.7. The average molecular weight is 225 g/mol. The predicted molar refractivity (Wildman–Crippen MR) is 72.9 cm³/mol. The van der Waals surface area contributed by atoms with Gasteiger partial charge in [0, 0.05) is 5.54 Å². The Morgan fingerprint density at radius 2 is 1.19 bits per heavy atom. The van der Waals surface area contributed by atoms with Gasteiger partial charge in [-0.2, -0.15) is 0 Å². The molecule has 0 aromatic rings. The van der Waals surface area contributed by atoms with Crippen molar-refractivity contribution in [2.75, 3.05) is 6.54 Å². The Morgan fingerprint density at radius 3 is 1.56 bits per heavy atom. The van der Waals surface area contributed by atoms with E-state index in [4.69, 9.17) is 0 Å². The molecule has 1 N–H and O–H groups in total. The van der Waals surface area contributed by atoms with Gasteiger partial charge in [0.2, 0.25) is 0 Å². The summed E-state index contributed by atoms with van der Waals surface area (Å²) in [6.45, 7) is 5.75. The highest BCUT2D eigenvalue weighted by Gasteiger charge is 2.25. The van der Waals surface area contributed by atoms with Crippen molar-refractivity contribution in [2.24, 2.45) is 0 Å². The summed E-state index contributed by atoms with van der Waals surface area (Å²) in [6, 6.07) is 0. The van der Waals surface area contributed by atoms with Gasteiger partial charge in [-0.15, -0.1) is 0 Å². The van der Waals surface area contributed by atoms with Gasteiger partial charge in [-0.05, 0) is 25.8 Å². The van der Waals surface area contributed by atoms with Gasteiger partial charge in [0.1, 0.15) is 0 Å². The van der Waals surface area contributed by atoms with Crippen molar-refractivity contribution in [1.82, 2.24) is 5.32 Å². The van der Waals surface area contributed by atoms with E-state index in [1.807, 2.05) is 0 Å². The molecule has 0 heterocycles. The van der Waals surface area contributed by atoms with Crippen molar-refractivity contribution in [2.45, 2.75) is 90.0 Å². The molecule has 1 heteroatoms. The minimum Gasteiger partial charge on any atom is -0.312 e. The van der Waals surface area contributed by atoms with Crippen molar-refractivity contribution in [3.8, 4) is 0 Å². The smallest absolute Gasteiger partial charge is 0.0178 e. The lowest BCUT2D eigenvalue weighted by Crippen LogP contribution is -2.44. The van der Waals surface area contributed by atoms with E-state index in [-0.39, 0.29) is 0 Å². The van der Waals surface area contributed by atoms with Crippen molar-refractivity contribution < 1.29 is 0 Å². The van der Waals surface area contributed by atoms with Crippen LogP contribution in [-0.4, -0.2) is 12.1 Å². The summed E-state index contributed by atoms with van der Waals surface area (Å²) in [4.78, 5) is 0. The third-order valence-electron chi connectivity index (χ3n) is 4.29. The molecule has 1 rings (SSSR count).